The van der Waals surface area contributed by atoms with Crippen molar-refractivity contribution >= 4 is 22.5 Å². The van der Waals surface area contributed by atoms with Gasteiger partial charge in [-0.25, -0.2) is 4.98 Å². The van der Waals surface area contributed by atoms with Gasteiger partial charge in [0.05, 0.1) is 11.6 Å². The minimum Gasteiger partial charge on any atom is -0.454 e. The molecule has 0 N–H and O–H groups in total. The van der Waals surface area contributed by atoms with Crippen LogP contribution in [0, 0.1) is 11.3 Å². The van der Waals surface area contributed by atoms with Crippen molar-refractivity contribution in [3.63, 3.8) is 0 Å². The van der Waals surface area contributed by atoms with Gasteiger partial charge in [0, 0.05) is 17.9 Å². The lowest BCUT2D eigenvalue weighted by molar-refractivity contribution is 0.174. The van der Waals surface area contributed by atoms with E-state index in [2.05, 4.69) is 11.1 Å². The minimum atomic E-state index is 0.237. The standard InChI is InChI=1S/C13H9ClN2O2/c14-13-8(2-1-3-15)4-9-5-11-12(18-7-17-11)6-10(9)16-13/h4-6H,1-2,7H2. The molecule has 0 saturated carbocycles. The summed E-state index contributed by atoms with van der Waals surface area (Å²) in [6, 6.07) is 7.75. The van der Waals surface area contributed by atoms with Gasteiger partial charge in [-0.05, 0) is 24.1 Å². The van der Waals surface area contributed by atoms with E-state index in [9.17, 15) is 0 Å². The molecule has 1 aromatic carbocycles. The molecule has 1 aliphatic rings. The van der Waals surface area contributed by atoms with Gasteiger partial charge < -0.3 is 9.47 Å². The van der Waals surface area contributed by atoms with Crippen molar-refractivity contribution in [1.82, 2.24) is 4.98 Å². The maximum absolute atomic E-state index is 8.61. The van der Waals surface area contributed by atoms with Crippen LogP contribution in [0.5, 0.6) is 11.5 Å². The molecule has 0 saturated heterocycles. The summed E-state index contributed by atoms with van der Waals surface area (Å²) in [6.45, 7) is 0.237. The van der Waals surface area contributed by atoms with Gasteiger partial charge in [-0.3, -0.25) is 0 Å². The van der Waals surface area contributed by atoms with Gasteiger partial charge in [0.2, 0.25) is 6.79 Å². The monoisotopic (exact) mass is 260 g/mol. The smallest absolute Gasteiger partial charge is 0.231 e. The zero-order chi connectivity index (χ0) is 12.5. The van der Waals surface area contributed by atoms with Crippen LogP contribution in [-0.4, -0.2) is 11.8 Å². The fourth-order valence-corrected chi connectivity index (χ4v) is 2.19. The number of nitrogens with zero attached hydrogens (tertiary/aromatic N) is 2. The number of pyridine rings is 1. The topological polar surface area (TPSA) is 55.1 Å². The van der Waals surface area contributed by atoms with Crippen molar-refractivity contribution in [3.05, 3.63) is 28.9 Å². The molecule has 5 heteroatoms. The number of halogens is 1. The Balaban J connectivity index is 2.11. The highest BCUT2D eigenvalue weighted by atomic mass is 35.5. The van der Waals surface area contributed by atoms with Crippen LogP contribution < -0.4 is 9.47 Å². The van der Waals surface area contributed by atoms with E-state index in [0.717, 1.165) is 22.2 Å². The summed E-state index contributed by atoms with van der Waals surface area (Å²) in [7, 11) is 0. The summed E-state index contributed by atoms with van der Waals surface area (Å²) in [5.41, 5.74) is 1.65. The first-order valence-corrected chi connectivity index (χ1v) is 5.91. The molecule has 3 rings (SSSR count). The van der Waals surface area contributed by atoms with Crippen molar-refractivity contribution in [2.75, 3.05) is 6.79 Å². The number of hydrogen-bond acceptors (Lipinski definition) is 4. The first kappa shape index (κ1) is 11.1. The molecule has 1 aromatic heterocycles. The summed E-state index contributed by atoms with van der Waals surface area (Å²) < 4.78 is 10.6. The van der Waals surface area contributed by atoms with Crippen LogP contribution in [-0.2, 0) is 6.42 Å². The Kier molecular flexibility index (Phi) is 2.69. The van der Waals surface area contributed by atoms with E-state index in [1.807, 2.05) is 18.2 Å². The molecule has 0 aliphatic carbocycles. The van der Waals surface area contributed by atoms with E-state index in [1.165, 1.54) is 0 Å². The molecule has 2 aromatic rings. The molecular formula is C13H9ClN2O2. The number of nitriles is 1. The number of benzene rings is 1. The molecule has 90 valence electrons. The van der Waals surface area contributed by atoms with E-state index in [1.54, 1.807) is 0 Å². The van der Waals surface area contributed by atoms with E-state index in [0.29, 0.717) is 23.7 Å². The van der Waals surface area contributed by atoms with Crippen molar-refractivity contribution in [2.45, 2.75) is 12.8 Å². The van der Waals surface area contributed by atoms with Crippen molar-refractivity contribution in [1.29, 1.82) is 5.26 Å². The summed E-state index contributed by atoms with van der Waals surface area (Å²) in [5.74, 6) is 1.41. The predicted molar refractivity (Wildman–Crippen MR) is 66.8 cm³/mol. The number of ether oxygens (including phenoxy) is 2. The van der Waals surface area contributed by atoms with Crippen molar-refractivity contribution < 1.29 is 9.47 Å². The van der Waals surface area contributed by atoms with Crippen molar-refractivity contribution in [2.24, 2.45) is 0 Å². The van der Waals surface area contributed by atoms with Crippen LogP contribution in [0.4, 0.5) is 0 Å². The van der Waals surface area contributed by atoms with Gasteiger partial charge in [0.1, 0.15) is 5.15 Å². The fraction of sp³-hybridized carbons (Fsp3) is 0.231. The highest BCUT2D eigenvalue weighted by Gasteiger charge is 2.15. The highest BCUT2D eigenvalue weighted by molar-refractivity contribution is 6.30. The predicted octanol–water partition coefficient (Wildman–Crippen LogP) is 3.07. The number of rotatable bonds is 2. The van der Waals surface area contributed by atoms with E-state index in [4.69, 9.17) is 26.3 Å². The number of aromatic nitrogens is 1. The van der Waals surface area contributed by atoms with Crippen LogP contribution >= 0.6 is 11.6 Å². The van der Waals surface area contributed by atoms with Crippen LogP contribution in [0.3, 0.4) is 0 Å². The molecule has 18 heavy (non-hydrogen) atoms. The van der Waals surface area contributed by atoms with Gasteiger partial charge >= 0.3 is 0 Å². The van der Waals surface area contributed by atoms with Gasteiger partial charge in [0.25, 0.3) is 0 Å². The van der Waals surface area contributed by atoms with Crippen LogP contribution in [0.1, 0.15) is 12.0 Å². The molecule has 4 nitrogen and oxygen atoms in total. The molecule has 0 bridgehead atoms. The highest BCUT2D eigenvalue weighted by Crippen LogP contribution is 2.36. The van der Waals surface area contributed by atoms with Gasteiger partial charge in [-0.2, -0.15) is 5.26 Å². The molecular weight excluding hydrogens is 252 g/mol. The molecule has 0 unspecified atom stereocenters. The number of fused-ring (bicyclic) bond motifs is 2. The number of aryl methyl sites for hydroxylation is 1. The van der Waals surface area contributed by atoms with E-state index < -0.39 is 0 Å². The summed E-state index contributed by atoms with van der Waals surface area (Å²) >= 11 is 6.10. The quantitative estimate of drug-likeness (QED) is 0.779. The SMILES string of the molecule is N#CCCc1cc2cc3c(cc2nc1Cl)OCO3. The Morgan fingerprint density at radius 3 is 2.83 bits per heavy atom. The third kappa shape index (κ3) is 1.83. The Morgan fingerprint density at radius 1 is 1.28 bits per heavy atom. The lowest BCUT2D eigenvalue weighted by atomic mass is 10.1. The second-order valence-corrected chi connectivity index (χ2v) is 4.35. The molecule has 0 spiro atoms. The van der Waals surface area contributed by atoms with Crippen LogP contribution in [0.2, 0.25) is 5.15 Å². The molecule has 0 fully saturated rings. The van der Waals surface area contributed by atoms with Gasteiger partial charge in [0.15, 0.2) is 11.5 Å². The maximum atomic E-state index is 8.61. The fourth-order valence-electron chi connectivity index (χ4n) is 1.95. The summed E-state index contributed by atoms with van der Waals surface area (Å²) in [5, 5.41) is 9.99. The Hall–Kier alpha value is -1.99. The zero-order valence-corrected chi connectivity index (χ0v) is 10.2. The maximum Gasteiger partial charge on any atom is 0.231 e. The lowest BCUT2D eigenvalue weighted by Gasteiger charge is -2.05. The van der Waals surface area contributed by atoms with Crippen LogP contribution in [0.15, 0.2) is 18.2 Å². The second kappa shape index (κ2) is 4.35. The minimum absolute atomic E-state index is 0.237. The molecule has 0 atom stereocenters. The normalized spacial score (nSPS) is 12.7. The average molecular weight is 261 g/mol. The van der Waals surface area contributed by atoms with E-state index >= 15 is 0 Å². The molecule has 0 amide bonds. The third-order valence-corrected chi connectivity index (χ3v) is 3.17. The Bertz CT molecular complexity index is 664. The van der Waals surface area contributed by atoms with Gasteiger partial charge in [-0.15, -0.1) is 0 Å². The average Bonchev–Trinajstić information content (AvgIpc) is 2.80. The lowest BCUT2D eigenvalue weighted by Crippen LogP contribution is -1.92. The van der Waals surface area contributed by atoms with Crippen molar-refractivity contribution in [3.8, 4) is 17.6 Å². The first-order chi connectivity index (χ1) is 8.78. The second-order valence-electron chi connectivity index (χ2n) is 3.99. The Morgan fingerprint density at radius 2 is 2.06 bits per heavy atom. The molecule has 2 heterocycles. The van der Waals surface area contributed by atoms with Gasteiger partial charge in [-0.1, -0.05) is 11.6 Å². The Labute approximate surface area is 109 Å². The zero-order valence-electron chi connectivity index (χ0n) is 9.44. The first-order valence-electron chi connectivity index (χ1n) is 5.53. The van der Waals surface area contributed by atoms with Crippen LogP contribution in [0.25, 0.3) is 10.9 Å². The largest absolute Gasteiger partial charge is 0.454 e. The third-order valence-electron chi connectivity index (χ3n) is 2.84. The van der Waals surface area contributed by atoms with E-state index in [-0.39, 0.29) is 6.79 Å². The number of hydrogen-bond donors (Lipinski definition) is 0. The molecule has 1 aliphatic heterocycles. The summed E-state index contributed by atoms with van der Waals surface area (Å²) in [6.07, 6.45) is 1.03. The summed E-state index contributed by atoms with van der Waals surface area (Å²) in [4.78, 5) is 4.33. The molecule has 0 radical (unpaired) electrons.